The van der Waals surface area contributed by atoms with E-state index in [9.17, 15) is 23.5 Å². The Kier molecular flexibility index (Phi) is 6.10. The highest BCUT2D eigenvalue weighted by Gasteiger charge is 2.33. The van der Waals surface area contributed by atoms with Gasteiger partial charge in [0.15, 0.2) is 19.1 Å². The van der Waals surface area contributed by atoms with Crippen LogP contribution < -0.4 is 15.5 Å². The van der Waals surface area contributed by atoms with Crippen molar-refractivity contribution in [3.63, 3.8) is 0 Å². The van der Waals surface area contributed by atoms with Gasteiger partial charge in [-0.2, -0.15) is 0 Å². The lowest BCUT2D eigenvalue weighted by Gasteiger charge is -2.27. The quantitative estimate of drug-likeness (QED) is 0.323. The van der Waals surface area contributed by atoms with Crippen LogP contribution in [-0.2, 0) is 27.1 Å². The summed E-state index contributed by atoms with van der Waals surface area (Å²) in [5.41, 5.74) is 6.60. The van der Waals surface area contributed by atoms with Gasteiger partial charge in [0.1, 0.15) is 18.2 Å². The number of fused-ring (bicyclic) bond motifs is 1. The van der Waals surface area contributed by atoms with Gasteiger partial charge in [-0.1, -0.05) is 12.2 Å². The smallest absolute Gasteiger partial charge is 0.483 e. The Bertz CT molecular complexity index is 1080. The number of rotatable bonds is 8. The number of hydrogen-bond donors (Lipinski definition) is 3. The molecule has 0 bridgehead atoms. The van der Waals surface area contributed by atoms with E-state index in [0.29, 0.717) is 11.2 Å². The third-order valence-corrected chi connectivity index (χ3v) is 7.58. The van der Waals surface area contributed by atoms with Gasteiger partial charge in [-0.25, -0.2) is 28.1 Å². The fourth-order valence-electron chi connectivity index (χ4n) is 2.60. The molecule has 5 atom stereocenters. The van der Waals surface area contributed by atoms with Gasteiger partial charge in [0.25, 0.3) is 7.82 Å². The van der Waals surface area contributed by atoms with Crippen LogP contribution in [0.4, 0.5) is 5.82 Å². The van der Waals surface area contributed by atoms with Crippen LogP contribution in [0.25, 0.3) is 11.2 Å². The van der Waals surface area contributed by atoms with Crippen molar-refractivity contribution in [3.8, 4) is 0 Å². The molecule has 1 aliphatic carbocycles. The molecule has 0 saturated heterocycles. The highest BCUT2D eigenvalue weighted by Crippen LogP contribution is 2.63. The zero-order valence-corrected chi connectivity index (χ0v) is 16.9. The van der Waals surface area contributed by atoms with Crippen LogP contribution in [-0.4, -0.2) is 41.8 Å². The second-order valence-corrected chi connectivity index (χ2v) is 10.5. The molecule has 29 heavy (non-hydrogen) atoms. The molecule has 0 spiro atoms. The molecule has 2 aromatic rings. The fourth-order valence-corrected chi connectivity index (χ4v) is 5.85. The van der Waals surface area contributed by atoms with Crippen molar-refractivity contribution in [3.05, 3.63) is 24.8 Å². The molecule has 2 aromatic heterocycles. The van der Waals surface area contributed by atoms with Crippen molar-refractivity contribution in [2.24, 2.45) is 0 Å². The van der Waals surface area contributed by atoms with Crippen LogP contribution in [0, 0.1) is 0 Å². The Morgan fingerprint density at radius 1 is 1.17 bits per heavy atom. The molecule has 0 radical (unpaired) electrons. The molecule has 4 N–H and O–H groups in total. The lowest BCUT2D eigenvalue weighted by Crippen LogP contribution is -2.17. The third kappa shape index (κ3) is 5.77. The summed E-state index contributed by atoms with van der Waals surface area (Å²) in [5, 5.41) is 0. The predicted molar refractivity (Wildman–Crippen MR) is 91.7 cm³/mol. The van der Waals surface area contributed by atoms with Gasteiger partial charge in [0, 0.05) is 6.42 Å². The maximum Gasteiger partial charge on any atom is 0.483 e. The van der Waals surface area contributed by atoms with Crippen molar-refractivity contribution in [2.75, 3.05) is 12.1 Å². The summed E-state index contributed by atoms with van der Waals surface area (Å²) in [6, 6.07) is -0.292. The van der Waals surface area contributed by atoms with Gasteiger partial charge >= 0.3 is 7.82 Å². The summed E-state index contributed by atoms with van der Waals surface area (Å²) < 4.78 is 47.4. The van der Waals surface area contributed by atoms with E-state index in [-0.39, 0.29) is 18.3 Å². The van der Waals surface area contributed by atoms with Crippen LogP contribution in [0.3, 0.4) is 0 Å². The Balaban J connectivity index is 1.59. The highest BCUT2D eigenvalue weighted by molar-refractivity contribution is 7.67. The molecule has 0 fully saturated rings. The average molecular weight is 469 g/mol. The molecule has 160 valence electrons. The van der Waals surface area contributed by atoms with E-state index in [0.717, 1.165) is 0 Å². The van der Waals surface area contributed by atoms with Crippen molar-refractivity contribution < 1.29 is 46.6 Å². The highest BCUT2D eigenvalue weighted by atomic mass is 31.3. The minimum atomic E-state index is -5.70. The number of anilines is 1. The van der Waals surface area contributed by atoms with Crippen LogP contribution >= 0.6 is 23.2 Å². The molecule has 1 aliphatic rings. The molecule has 18 heteroatoms. The van der Waals surface area contributed by atoms with Gasteiger partial charge in [-0.15, -0.1) is 0 Å². The van der Waals surface area contributed by atoms with E-state index in [1.165, 1.54) is 12.7 Å². The lowest BCUT2D eigenvalue weighted by atomic mass is 10.2. The van der Waals surface area contributed by atoms with E-state index in [2.05, 4.69) is 23.6 Å². The topological polar surface area (TPSA) is 235 Å². The number of hydrogen-bond acceptors (Lipinski definition) is 12. The third-order valence-electron chi connectivity index (χ3n) is 3.65. The zero-order chi connectivity index (χ0) is 21.4. The number of nitrogen functional groups attached to an aromatic ring is 1. The SMILES string of the molecule is Nc1ncnc2c1ncn2[C@H]1C=C[C@@H](OCP(=O)([O-])OP(=O)(O)OP(=O)([O-])O)C1. The first kappa shape index (κ1) is 22.2. The second kappa shape index (κ2) is 7.97. The molecule has 15 nitrogen and oxygen atoms in total. The van der Waals surface area contributed by atoms with Crippen LogP contribution in [0.1, 0.15) is 12.5 Å². The summed E-state index contributed by atoms with van der Waals surface area (Å²) in [6.45, 7) is 0. The average Bonchev–Trinajstić information content (AvgIpc) is 3.16. The summed E-state index contributed by atoms with van der Waals surface area (Å²) in [6.07, 6.45) is 4.42. The van der Waals surface area contributed by atoms with E-state index in [4.69, 9.17) is 20.3 Å². The predicted octanol–water partition coefficient (Wildman–Crippen LogP) is -0.600. The van der Waals surface area contributed by atoms with Crippen molar-refractivity contribution in [1.82, 2.24) is 19.5 Å². The summed E-state index contributed by atoms with van der Waals surface area (Å²) >= 11 is 0. The molecule has 2 heterocycles. The van der Waals surface area contributed by atoms with Gasteiger partial charge in [-0.05, 0) is 0 Å². The number of allylic oxidation sites excluding steroid dienone is 1. The van der Waals surface area contributed by atoms with Crippen LogP contribution in [0.5, 0.6) is 0 Å². The first-order valence-corrected chi connectivity index (χ1v) is 12.4. The minimum Gasteiger partial charge on any atom is -0.777 e. The normalized spacial score (nSPS) is 25.5. The van der Waals surface area contributed by atoms with Gasteiger partial charge in [-0.3, -0.25) is 4.57 Å². The summed E-state index contributed by atoms with van der Waals surface area (Å²) in [7, 11) is -16.5. The second-order valence-electron chi connectivity index (χ2n) is 5.82. The van der Waals surface area contributed by atoms with Gasteiger partial charge in [0.2, 0.25) is 0 Å². The van der Waals surface area contributed by atoms with Crippen LogP contribution in [0.15, 0.2) is 24.8 Å². The van der Waals surface area contributed by atoms with Crippen molar-refractivity contribution in [1.29, 1.82) is 0 Å². The molecular formula is C11H14N5O10P3-2. The van der Waals surface area contributed by atoms with E-state index in [1.807, 2.05) is 0 Å². The molecule has 3 rings (SSSR count). The largest absolute Gasteiger partial charge is 0.777 e. The number of imidazole rings is 1. The standard InChI is InChI=1S/C11H16N5O10P3/c12-10-9-11(14-4-13-10)16(5-15-9)7-1-2-8(3-7)24-6-27(17,18)25-29(22,23)26-28(19,20)21/h1-2,4-5,7-8H,3,6H2,(H,17,18)(H,22,23)(H2,12,13,14)(H2,19,20,21)/p-2/t7-,8+/m0/s1. The van der Waals surface area contributed by atoms with E-state index < -0.39 is 35.7 Å². The maximum absolute atomic E-state index is 11.7. The Hall–Kier alpha value is -1.50. The first-order valence-electron chi connectivity index (χ1n) is 7.67. The number of ether oxygens (including phenoxy) is 1. The molecule has 0 aliphatic heterocycles. The molecule has 0 saturated carbocycles. The summed E-state index contributed by atoms with van der Waals surface area (Å²) in [5.74, 6) is 0.203. The summed E-state index contributed by atoms with van der Waals surface area (Å²) in [4.78, 5) is 51.7. The number of nitrogens with zero attached hydrogens (tertiary/aromatic N) is 4. The number of aromatic nitrogens is 4. The first-order chi connectivity index (χ1) is 13.4. The van der Waals surface area contributed by atoms with Gasteiger partial charge in [0.05, 0.1) is 18.5 Å². The number of nitrogens with two attached hydrogens (primary N) is 1. The van der Waals surface area contributed by atoms with Crippen molar-refractivity contribution >= 4 is 40.2 Å². The Labute approximate surface area is 162 Å². The maximum atomic E-state index is 11.7. The Morgan fingerprint density at radius 3 is 2.59 bits per heavy atom. The van der Waals surface area contributed by atoms with Crippen LogP contribution in [0.2, 0.25) is 0 Å². The molecule has 0 amide bonds. The van der Waals surface area contributed by atoms with E-state index >= 15 is 0 Å². The Morgan fingerprint density at radius 2 is 1.90 bits per heavy atom. The van der Waals surface area contributed by atoms with E-state index in [1.54, 1.807) is 16.7 Å². The minimum absolute atomic E-state index is 0.203. The number of phosphoric acid groups is 2. The molecule has 0 aromatic carbocycles. The monoisotopic (exact) mass is 469 g/mol. The lowest BCUT2D eigenvalue weighted by molar-refractivity contribution is -0.213. The fraction of sp³-hybridized carbons (Fsp3) is 0.364. The molecule has 3 unspecified atom stereocenters. The van der Waals surface area contributed by atoms with Crippen molar-refractivity contribution in [2.45, 2.75) is 18.6 Å². The van der Waals surface area contributed by atoms with Gasteiger partial charge < -0.3 is 39.2 Å². The molecular weight excluding hydrogens is 455 g/mol. The zero-order valence-electron chi connectivity index (χ0n) is 14.2.